The number of nitrogens with zero attached hydrogens (tertiary/aromatic N) is 2. The van der Waals surface area contributed by atoms with E-state index >= 15 is 0 Å². The number of thiazole rings is 1. The van der Waals surface area contributed by atoms with Crippen LogP contribution in [0.25, 0.3) is 6.08 Å². The van der Waals surface area contributed by atoms with Crippen LogP contribution in [-0.2, 0) is 14.3 Å². The summed E-state index contributed by atoms with van der Waals surface area (Å²) in [6.45, 7) is 8.83. The molecule has 1 aromatic heterocycles. The van der Waals surface area contributed by atoms with E-state index in [9.17, 15) is 14.4 Å². The van der Waals surface area contributed by atoms with Gasteiger partial charge in [0.15, 0.2) is 10.6 Å². The van der Waals surface area contributed by atoms with Crippen LogP contribution in [0, 0.1) is 0 Å². The van der Waals surface area contributed by atoms with Crippen molar-refractivity contribution < 1.29 is 23.8 Å². The second kappa shape index (κ2) is 12.0. The normalized spacial score (nSPS) is 15.2. The first-order chi connectivity index (χ1) is 18.5. The van der Waals surface area contributed by atoms with Gasteiger partial charge in [0.1, 0.15) is 5.75 Å². The number of esters is 2. The van der Waals surface area contributed by atoms with Crippen LogP contribution in [0.15, 0.2) is 66.4 Å². The van der Waals surface area contributed by atoms with Gasteiger partial charge in [-0.15, -0.1) is 0 Å². The third kappa shape index (κ3) is 6.26. The summed E-state index contributed by atoms with van der Waals surface area (Å²) in [4.78, 5) is 43.8. The van der Waals surface area contributed by atoms with Gasteiger partial charge in [-0.1, -0.05) is 39.4 Å². The van der Waals surface area contributed by atoms with Crippen molar-refractivity contribution in [2.45, 2.75) is 46.8 Å². The van der Waals surface area contributed by atoms with Gasteiger partial charge in [0, 0.05) is 17.0 Å². The van der Waals surface area contributed by atoms with Crippen molar-refractivity contribution in [3.8, 4) is 11.5 Å². The summed E-state index contributed by atoms with van der Waals surface area (Å²) in [5, 5.41) is 0. The highest BCUT2D eigenvalue weighted by atomic mass is 79.9. The number of benzene rings is 2. The smallest absolute Gasteiger partial charge is 0.338 e. The van der Waals surface area contributed by atoms with Crippen molar-refractivity contribution in [3.05, 3.63) is 87.4 Å². The summed E-state index contributed by atoms with van der Waals surface area (Å²) in [6.07, 6.45) is 1.65. The molecule has 1 aliphatic rings. The van der Waals surface area contributed by atoms with Gasteiger partial charge in [0.2, 0.25) is 0 Å². The molecule has 0 N–H and O–H groups in total. The lowest BCUT2D eigenvalue weighted by molar-refractivity contribution is -0.139. The van der Waals surface area contributed by atoms with E-state index in [0.717, 1.165) is 4.47 Å². The summed E-state index contributed by atoms with van der Waals surface area (Å²) in [6, 6.07) is 10.0. The van der Waals surface area contributed by atoms with Crippen molar-refractivity contribution in [2.24, 2.45) is 4.99 Å². The highest BCUT2D eigenvalue weighted by Gasteiger charge is 2.33. The van der Waals surface area contributed by atoms with E-state index in [4.69, 9.17) is 14.2 Å². The summed E-state index contributed by atoms with van der Waals surface area (Å²) < 4.78 is 19.7. The molecule has 0 radical (unpaired) electrons. The molecular formula is C28H26Br2N2O6S. The summed E-state index contributed by atoms with van der Waals surface area (Å²) in [5.41, 5.74) is 1.65. The van der Waals surface area contributed by atoms with Gasteiger partial charge in [0.25, 0.3) is 5.56 Å². The zero-order chi connectivity index (χ0) is 28.4. The minimum absolute atomic E-state index is 0.000637. The largest absolute Gasteiger partial charge is 0.491 e. The average molecular weight is 678 g/mol. The number of halogens is 2. The van der Waals surface area contributed by atoms with Crippen LogP contribution in [-0.4, -0.2) is 29.2 Å². The first-order valence-electron chi connectivity index (χ1n) is 12.1. The number of rotatable bonds is 7. The third-order valence-electron chi connectivity index (χ3n) is 5.65. The number of hydrogen-bond donors (Lipinski definition) is 0. The molecular weight excluding hydrogens is 652 g/mol. The molecule has 39 heavy (non-hydrogen) atoms. The van der Waals surface area contributed by atoms with Crippen molar-refractivity contribution in [2.75, 3.05) is 6.61 Å². The fourth-order valence-electron chi connectivity index (χ4n) is 4.19. The number of ether oxygens (including phenoxy) is 3. The number of hydrogen-bond acceptors (Lipinski definition) is 8. The highest BCUT2D eigenvalue weighted by Crippen LogP contribution is 2.34. The Morgan fingerprint density at radius 3 is 2.49 bits per heavy atom. The molecule has 8 nitrogen and oxygen atoms in total. The van der Waals surface area contributed by atoms with Crippen LogP contribution >= 0.6 is 43.2 Å². The number of carbonyl (C=O) groups is 2. The predicted molar refractivity (Wildman–Crippen MR) is 156 cm³/mol. The second-order valence-corrected chi connectivity index (χ2v) is 11.7. The molecule has 1 atom stereocenters. The number of aromatic nitrogens is 1. The lowest BCUT2D eigenvalue weighted by Gasteiger charge is -2.25. The Balaban J connectivity index is 1.94. The molecule has 204 valence electrons. The molecule has 1 aliphatic heterocycles. The van der Waals surface area contributed by atoms with Crippen molar-refractivity contribution in [1.29, 1.82) is 0 Å². The zero-order valence-electron chi connectivity index (χ0n) is 21.9. The monoisotopic (exact) mass is 676 g/mol. The topological polar surface area (TPSA) is 96.2 Å². The molecule has 0 saturated heterocycles. The van der Waals surface area contributed by atoms with Gasteiger partial charge < -0.3 is 14.2 Å². The number of allylic oxidation sites excluding steroid dienone is 1. The van der Waals surface area contributed by atoms with Crippen LogP contribution < -0.4 is 24.4 Å². The Kier molecular flexibility index (Phi) is 8.93. The van der Waals surface area contributed by atoms with Crippen LogP contribution in [0.4, 0.5) is 0 Å². The summed E-state index contributed by atoms with van der Waals surface area (Å²) in [7, 11) is 0. The Morgan fingerprint density at radius 2 is 1.87 bits per heavy atom. The quantitative estimate of drug-likeness (QED) is 0.257. The van der Waals surface area contributed by atoms with Crippen LogP contribution in [0.5, 0.6) is 11.5 Å². The molecule has 4 rings (SSSR count). The third-order valence-corrected chi connectivity index (χ3v) is 7.68. The van der Waals surface area contributed by atoms with E-state index in [1.807, 2.05) is 38.1 Å². The Morgan fingerprint density at radius 1 is 1.18 bits per heavy atom. The maximum Gasteiger partial charge on any atom is 0.338 e. The molecule has 11 heteroatoms. The standard InChI is InChI=1S/C28H26Br2N2O6S/c1-6-36-27(35)23-15(4)31-28-32(24(23)17-7-9-20(10-8-17)37-14(2)3)26(34)22(39-28)12-18-11-19(29)13-21(30)25(18)38-16(5)33/h7-14,24H,6H2,1-5H3/b22-12-/t24-/m0/s1. The van der Waals surface area contributed by atoms with E-state index < -0.39 is 18.0 Å². The fraction of sp³-hybridized carbons (Fsp3) is 0.286. The predicted octanol–water partition coefficient (Wildman–Crippen LogP) is 5.04. The molecule has 0 spiro atoms. The molecule has 2 aromatic carbocycles. The van der Waals surface area contributed by atoms with Gasteiger partial charge >= 0.3 is 11.9 Å². The summed E-state index contributed by atoms with van der Waals surface area (Å²) >= 11 is 8.06. The van der Waals surface area contributed by atoms with Crippen LogP contribution in [0.2, 0.25) is 0 Å². The molecule has 0 unspecified atom stereocenters. The Hall–Kier alpha value is -3.02. The first kappa shape index (κ1) is 29.0. The SMILES string of the molecule is CCOC(=O)C1=C(C)N=c2s/c(=C\c3cc(Br)cc(Br)c3OC(C)=O)c(=O)n2[C@H]1c1ccc(OC(C)C)cc1. The van der Waals surface area contributed by atoms with E-state index in [0.29, 0.717) is 42.0 Å². The molecule has 0 amide bonds. The molecule has 0 fully saturated rings. The Labute approximate surface area is 245 Å². The van der Waals surface area contributed by atoms with E-state index in [1.54, 1.807) is 32.1 Å². The summed E-state index contributed by atoms with van der Waals surface area (Å²) in [5.74, 6) is -0.0580. The van der Waals surface area contributed by atoms with Crippen molar-refractivity contribution in [3.63, 3.8) is 0 Å². The lowest BCUT2D eigenvalue weighted by Crippen LogP contribution is -2.39. The molecule has 3 aromatic rings. The minimum atomic E-state index is -0.752. The fourth-order valence-corrected chi connectivity index (χ4v) is 6.56. The van der Waals surface area contributed by atoms with E-state index in [-0.39, 0.29) is 24.0 Å². The van der Waals surface area contributed by atoms with Gasteiger partial charge in [-0.05, 0) is 79.5 Å². The average Bonchev–Trinajstić information content (AvgIpc) is 3.15. The molecule has 0 saturated carbocycles. The Bertz CT molecular complexity index is 1650. The van der Waals surface area contributed by atoms with Crippen molar-refractivity contribution in [1.82, 2.24) is 4.57 Å². The maximum absolute atomic E-state index is 13.9. The van der Waals surface area contributed by atoms with Gasteiger partial charge in [-0.3, -0.25) is 14.2 Å². The number of fused-ring (bicyclic) bond motifs is 1. The van der Waals surface area contributed by atoms with Crippen LogP contribution in [0.1, 0.15) is 51.8 Å². The van der Waals surface area contributed by atoms with Gasteiger partial charge in [-0.25, -0.2) is 9.79 Å². The van der Waals surface area contributed by atoms with Gasteiger partial charge in [-0.2, -0.15) is 0 Å². The zero-order valence-corrected chi connectivity index (χ0v) is 25.9. The molecule has 0 aliphatic carbocycles. The number of carbonyl (C=O) groups excluding carboxylic acids is 2. The van der Waals surface area contributed by atoms with Crippen LogP contribution in [0.3, 0.4) is 0 Å². The second-order valence-electron chi connectivity index (χ2n) is 8.94. The maximum atomic E-state index is 13.9. The minimum Gasteiger partial charge on any atom is -0.491 e. The van der Waals surface area contributed by atoms with Crippen molar-refractivity contribution >= 4 is 61.2 Å². The lowest BCUT2D eigenvalue weighted by atomic mass is 9.96. The van der Waals surface area contributed by atoms with Gasteiger partial charge in [0.05, 0.1) is 39.0 Å². The molecule has 2 heterocycles. The first-order valence-corrected chi connectivity index (χ1v) is 14.5. The van der Waals surface area contributed by atoms with E-state index in [1.165, 1.54) is 22.8 Å². The molecule has 0 bridgehead atoms. The van der Waals surface area contributed by atoms with E-state index in [2.05, 4.69) is 36.9 Å². The highest BCUT2D eigenvalue weighted by molar-refractivity contribution is 9.11.